The van der Waals surface area contributed by atoms with Crippen LogP contribution in [0.15, 0.2) is 18.2 Å². The lowest BCUT2D eigenvalue weighted by atomic mass is 10.0. The normalized spacial score (nSPS) is 10.2. The van der Waals surface area contributed by atoms with E-state index in [4.69, 9.17) is 11.6 Å². The van der Waals surface area contributed by atoms with Crippen molar-refractivity contribution in [1.82, 2.24) is 0 Å². The van der Waals surface area contributed by atoms with Crippen molar-refractivity contribution in [2.24, 2.45) is 0 Å². The first-order valence-corrected chi connectivity index (χ1v) is 5.93. The zero-order valence-electron chi connectivity index (χ0n) is 10.0. The highest BCUT2D eigenvalue weighted by molar-refractivity contribution is 6.31. The molecule has 0 aliphatic rings. The molecule has 0 heterocycles. The monoisotopic (exact) mass is 272 g/mol. The number of ether oxygens (including phenoxy) is 1. The van der Waals surface area contributed by atoms with Gasteiger partial charge in [-0.2, -0.15) is 0 Å². The van der Waals surface area contributed by atoms with Crippen molar-refractivity contribution in [1.29, 1.82) is 0 Å². The Kier molecular flexibility index (Phi) is 5.78. The molecule has 1 rings (SSSR count). The second-order valence-corrected chi connectivity index (χ2v) is 4.21. The van der Waals surface area contributed by atoms with E-state index in [1.54, 1.807) is 12.1 Å². The molecule has 3 nitrogen and oxygen atoms in total. The Hall–Kier alpha value is -1.42. The predicted octanol–water partition coefficient (Wildman–Crippen LogP) is 2.93. The summed E-state index contributed by atoms with van der Waals surface area (Å²) in [5, 5.41) is 0.0540. The van der Waals surface area contributed by atoms with Crippen molar-refractivity contribution >= 4 is 23.4 Å². The van der Waals surface area contributed by atoms with E-state index in [9.17, 15) is 14.0 Å². The molecule has 0 N–H and O–H groups in total. The lowest BCUT2D eigenvalue weighted by Crippen LogP contribution is -2.06. The number of rotatable bonds is 6. The highest BCUT2D eigenvalue weighted by atomic mass is 35.5. The third kappa shape index (κ3) is 4.45. The molecule has 18 heavy (non-hydrogen) atoms. The van der Waals surface area contributed by atoms with Crippen molar-refractivity contribution < 1.29 is 18.7 Å². The van der Waals surface area contributed by atoms with E-state index in [2.05, 4.69) is 4.74 Å². The molecule has 0 spiro atoms. The number of Topliss-reactive ketones (excluding diaryl/α,β-unsaturated/α-hetero) is 1. The molecule has 0 aromatic heterocycles. The van der Waals surface area contributed by atoms with Crippen LogP contribution in [0.3, 0.4) is 0 Å². The topological polar surface area (TPSA) is 43.4 Å². The first-order chi connectivity index (χ1) is 8.54. The van der Waals surface area contributed by atoms with Gasteiger partial charge in [-0.1, -0.05) is 23.7 Å². The lowest BCUT2D eigenvalue weighted by molar-refractivity contribution is -0.141. The van der Waals surface area contributed by atoms with Crippen LogP contribution in [0.25, 0.3) is 0 Å². The van der Waals surface area contributed by atoms with Crippen LogP contribution in [0.1, 0.15) is 24.8 Å². The fourth-order valence-corrected chi connectivity index (χ4v) is 1.70. The summed E-state index contributed by atoms with van der Waals surface area (Å²) in [4.78, 5) is 22.3. The van der Waals surface area contributed by atoms with Crippen LogP contribution in [0, 0.1) is 5.82 Å². The number of halogens is 2. The number of hydrogen-bond acceptors (Lipinski definition) is 3. The van der Waals surface area contributed by atoms with Gasteiger partial charge < -0.3 is 4.74 Å². The quantitative estimate of drug-likeness (QED) is 0.748. The first kappa shape index (κ1) is 14.6. The summed E-state index contributed by atoms with van der Waals surface area (Å²) in [6.45, 7) is 0. The second-order valence-electron chi connectivity index (χ2n) is 3.83. The van der Waals surface area contributed by atoms with Gasteiger partial charge in [0.2, 0.25) is 0 Å². The zero-order valence-corrected chi connectivity index (χ0v) is 10.8. The van der Waals surface area contributed by atoms with Crippen molar-refractivity contribution in [3.05, 3.63) is 34.6 Å². The molecule has 0 fully saturated rings. The van der Waals surface area contributed by atoms with Gasteiger partial charge in [0.25, 0.3) is 0 Å². The molecule has 98 valence electrons. The highest BCUT2D eigenvalue weighted by Crippen LogP contribution is 2.21. The maximum absolute atomic E-state index is 13.1. The Labute approximate surface area is 110 Å². The standard InChI is InChI=1S/C13H14ClFO3/c1-18-12(17)8-7-10(16)6-5-9-3-2-4-11(15)13(9)14/h2-4H,5-8H2,1H3. The number of carbonyl (C=O) groups is 2. The molecule has 0 radical (unpaired) electrons. The molecule has 0 amide bonds. The van der Waals surface area contributed by atoms with E-state index >= 15 is 0 Å². The zero-order chi connectivity index (χ0) is 13.5. The molecule has 0 aliphatic carbocycles. The van der Waals surface area contributed by atoms with Crippen LogP contribution in [0.2, 0.25) is 5.02 Å². The average Bonchev–Trinajstić information content (AvgIpc) is 2.37. The van der Waals surface area contributed by atoms with E-state index in [0.717, 1.165) is 0 Å². The number of methoxy groups -OCH3 is 1. The predicted molar refractivity (Wildman–Crippen MR) is 66.0 cm³/mol. The molecule has 0 aliphatic heterocycles. The van der Waals surface area contributed by atoms with E-state index < -0.39 is 11.8 Å². The first-order valence-electron chi connectivity index (χ1n) is 5.56. The Morgan fingerprint density at radius 1 is 1.28 bits per heavy atom. The van der Waals surface area contributed by atoms with Gasteiger partial charge in [-0.15, -0.1) is 0 Å². The lowest BCUT2D eigenvalue weighted by Gasteiger charge is -2.04. The Bertz CT molecular complexity index is 446. The summed E-state index contributed by atoms with van der Waals surface area (Å²) in [5.41, 5.74) is 0.600. The molecule has 1 aromatic carbocycles. The molecule has 1 aromatic rings. The Morgan fingerprint density at radius 2 is 2.00 bits per heavy atom. The molecule has 0 bridgehead atoms. The number of aryl methyl sites for hydroxylation is 1. The smallest absolute Gasteiger partial charge is 0.305 e. The highest BCUT2D eigenvalue weighted by Gasteiger charge is 2.10. The fraction of sp³-hybridized carbons (Fsp3) is 0.385. The largest absolute Gasteiger partial charge is 0.469 e. The summed E-state index contributed by atoms with van der Waals surface area (Å²) in [6, 6.07) is 4.50. The molecule has 0 unspecified atom stereocenters. The van der Waals surface area contributed by atoms with Gasteiger partial charge in [-0.05, 0) is 18.1 Å². The van der Waals surface area contributed by atoms with Gasteiger partial charge in [-0.3, -0.25) is 9.59 Å². The Morgan fingerprint density at radius 3 is 2.67 bits per heavy atom. The number of benzene rings is 1. The van der Waals surface area contributed by atoms with E-state index in [1.807, 2.05) is 0 Å². The number of carbonyl (C=O) groups excluding carboxylic acids is 2. The minimum absolute atomic E-state index is 0.0540. The molecule has 5 heteroatoms. The minimum atomic E-state index is -0.490. The SMILES string of the molecule is COC(=O)CCC(=O)CCc1cccc(F)c1Cl. The molecule has 0 saturated heterocycles. The van der Waals surface area contributed by atoms with Gasteiger partial charge in [0, 0.05) is 12.8 Å². The summed E-state index contributed by atoms with van der Waals surface area (Å²) in [7, 11) is 1.28. The van der Waals surface area contributed by atoms with Gasteiger partial charge in [0.1, 0.15) is 11.6 Å². The van der Waals surface area contributed by atoms with Crippen LogP contribution in [0.4, 0.5) is 4.39 Å². The van der Waals surface area contributed by atoms with Crippen LogP contribution in [0.5, 0.6) is 0 Å². The number of esters is 1. The van der Waals surface area contributed by atoms with Gasteiger partial charge in [-0.25, -0.2) is 4.39 Å². The van der Waals surface area contributed by atoms with Crippen molar-refractivity contribution in [3.63, 3.8) is 0 Å². The van der Waals surface area contributed by atoms with E-state index in [-0.39, 0.29) is 30.1 Å². The van der Waals surface area contributed by atoms with E-state index in [0.29, 0.717) is 12.0 Å². The summed E-state index contributed by atoms with van der Waals surface area (Å²) in [5.74, 6) is -0.968. The van der Waals surface area contributed by atoms with Crippen LogP contribution in [-0.4, -0.2) is 18.9 Å². The third-order valence-electron chi connectivity index (χ3n) is 2.54. The Balaban J connectivity index is 2.43. The molecular weight excluding hydrogens is 259 g/mol. The van der Waals surface area contributed by atoms with Crippen molar-refractivity contribution in [2.45, 2.75) is 25.7 Å². The summed E-state index contributed by atoms with van der Waals surface area (Å²) in [6.07, 6.45) is 0.822. The maximum atomic E-state index is 13.1. The minimum Gasteiger partial charge on any atom is -0.469 e. The van der Waals surface area contributed by atoms with Crippen molar-refractivity contribution in [3.8, 4) is 0 Å². The molecule has 0 atom stereocenters. The average molecular weight is 273 g/mol. The van der Waals surface area contributed by atoms with Crippen LogP contribution >= 0.6 is 11.6 Å². The summed E-state index contributed by atoms with van der Waals surface area (Å²) < 4.78 is 17.6. The maximum Gasteiger partial charge on any atom is 0.305 e. The van der Waals surface area contributed by atoms with E-state index in [1.165, 1.54) is 13.2 Å². The van der Waals surface area contributed by atoms with Crippen LogP contribution in [-0.2, 0) is 20.7 Å². The van der Waals surface area contributed by atoms with Gasteiger partial charge >= 0.3 is 5.97 Å². The van der Waals surface area contributed by atoms with Gasteiger partial charge in [0.15, 0.2) is 0 Å². The molecular formula is C13H14ClFO3. The van der Waals surface area contributed by atoms with Gasteiger partial charge in [0.05, 0.1) is 18.6 Å². The number of ketones is 1. The second kappa shape index (κ2) is 7.11. The van der Waals surface area contributed by atoms with Crippen LogP contribution < -0.4 is 0 Å². The fourth-order valence-electron chi connectivity index (χ4n) is 1.48. The summed E-state index contributed by atoms with van der Waals surface area (Å²) >= 11 is 5.77. The molecule has 0 saturated carbocycles. The number of hydrogen-bond donors (Lipinski definition) is 0. The van der Waals surface area contributed by atoms with Crippen molar-refractivity contribution in [2.75, 3.05) is 7.11 Å². The third-order valence-corrected chi connectivity index (χ3v) is 2.96.